The highest BCUT2D eigenvalue weighted by Gasteiger charge is 2.59. The Bertz CT molecular complexity index is 1090. The first-order valence-corrected chi connectivity index (χ1v) is 14.8. The molecule has 0 radical (unpaired) electrons. The molecule has 4 aliphatic rings. The molecule has 4 fully saturated rings. The smallest absolute Gasteiger partial charge is 0.251 e. The highest BCUT2D eigenvalue weighted by molar-refractivity contribution is 7.89. The van der Waals surface area contributed by atoms with E-state index >= 15 is 0 Å². The average molecular weight is 487 g/mol. The van der Waals surface area contributed by atoms with Gasteiger partial charge in [0.25, 0.3) is 5.91 Å². The van der Waals surface area contributed by atoms with Crippen LogP contribution in [0, 0.1) is 36.5 Å². The van der Waals surface area contributed by atoms with Gasteiger partial charge in [0.15, 0.2) is 0 Å². The van der Waals surface area contributed by atoms with E-state index in [9.17, 15) is 13.2 Å². The molecule has 1 N–H and O–H groups in total. The number of fused-ring (bicyclic) bond motifs is 3. The molecule has 34 heavy (non-hydrogen) atoms. The molecule has 2 unspecified atom stereocenters. The van der Waals surface area contributed by atoms with Crippen molar-refractivity contribution in [2.45, 2.75) is 109 Å². The number of amides is 1. The summed E-state index contributed by atoms with van der Waals surface area (Å²) in [4.78, 5) is 13.9. The van der Waals surface area contributed by atoms with E-state index in [1.807, 2.05) is 19.9 Å². The predicted octanol–water partition coefficient (Wildman–Crippen LogP) is 5.59. The molecule has 1 heterocycles. The van der Waals surface area contributed by atoms with Crippen LogP contribution >= 0.6 is 0 Å². The molecule has 2 bridgehead atoms. The van der Waals surface area contributed by atoms with Crippen LogP contribution in [0.4, 0.5) is 0 Å². The Morgan fingerprint density at radius 2 is 1.74 bits per heavy atom. The number of benzene rings is 1. The first kappa shape index (κ1) is 24.3. The molecule has 5 nitrogen and oxygen atoms in total. The van der Waals surface area contributed by atoms with Gasteiger partial charge in [-0.15, -0.1) is 0 Å². The SMILES string of the molecule is Cc1cc(C(=O)N[C@@H]2C(C)(C)[C@@H]3CC[C@@]2(C)C3)cc(S(=O)(=O)N2CCCC3CCCCC32)c1C. The number of sulfonamides is 1. The summed E-state index contributed by atoms with van der Waals surface area (Å²) in [5, 5.41) is 3.36. The summed E-state index contributed by atoms with van der Waals surface area (Å²) in [6.07, 6.45) is 10.0. The van der Waals surface area contributed by atoms with Crippen LogP contribution in [-0.4, -0.2) is 37.3 Å². The fourth-order valence-corrected chi connectivity index (χ4v) is 10.2. The molecule has 3 aliphatic carbocycles. The van der Waals surface area contributed by atoms with E-state index in [1.165, 1.54) is 12.8 Å². The summed E-state index contributed by atoms with van der Waals surface area (Å²) in [6, 6.07) is 3.74. The van der Waals surface area contributed by atoms with Crippen molar-refractivity contribution in [3.63, 3.8) is 0 Å². The first-order chi connectivity index (χ1) is 15.9. The van der Waals surface area contributed by atoms with E-state index in [1.54, 1.807) is 10.4 Å². The van der Waals surface area contributed by atoms with Crippen LogP contribution in [0.5, 0.6) is 0 Å². The Morgan fingerprint density at radius 3 is 2.44 bits per heavy atom. The second-order valence-corrected chi connectivity index (χ2v) is 14.5. The third-order valence-electron chi connectivity index (χ3n) is 10.2. The van der Waals surface area contributed by atoms with Crippen molar-refractivity contribution < 1.29 is 13.2 Å². The number of carbonyl (C=O) groups is 1. The lowest BCUT2D eigenvalue weighted by Crippen LogP contribution is -2.52. The Hall–Kier alpha value is -1.40. The molecule has 0 spiro atoms. The average Bonchev–Trinajstić information content (AvgIpc) is 3.28. The maximum atomic E-state index is 14.0. The molecule has 1 saturated heterocycles. The molecule has 5 rings (SSSR count). The molecule has 1 aliphatic heterocycles. The predicted molar refractivity (Wildman–Crippen MR) is 135 cm³/mol. The van der Waals surface area contributed by atoms with Gasteiger partial charge in [0.2, 0.25) is 10.0 Å². The summed E-state index contributed by atoms with van der Waals surface area (Å²) in [7, 11) is -3.66. The minimum absolute atomic E-state index is 0.0567. The van der Waals surface area contributed by atoms with Crippen molar-refractivity contribution in [3.05, 3.63) is 28.8 Å². The molecule has 5 atom stereocenters. The summed E-state index contributed by atoms with van der Waals surface area (Å²) in [5.41, 5.74) is 2.29. The van der Waals surface area contributed by atoms with Gasteiger partial charge in [0.05, 0.1) is 4.90 Å². The third-order valence-corrected chi connectivity index (χ3v) is 12.3. The van der Waals surface area contributed by atoms with Crippen molar-refractivity contribution >= 4 is 15.9 Å². The van der Waals surface area contributed by atoms with Crippen molar-refractivity contribution in [3.8, 4) is 0 Å². The van der Waals surface area contributed by atoms with E-state index in [4.69, 9.17) is 0 Å². The minimum atomic E-state index is -3.66. The summed E-state index contributed by atoms with van der Waals surface area (Å²) >= 11 is 0. The first-order valence-electron chi connectivity index (χ1n) is 13.4. The zero-order chi connectivity index (χ0) is 24.5. The number of hydrogen-bond donors (Lipinski definition) is 1. The van der Waals surface area contributed by atoms with Gasteiger partial charge < -0.3 is 5.32 Å². The highest BCUT2D eigenvalue weighted by atomic mass is 32.2. The number of nitrogens with one attached hydrogen (secondary N) is 1. The van der Waals surface area contributed by atoms with Crippen LogP contribution in [0.25, 0.3) is 0 Å². The van der Waals surface area contributed by atoms with Gasteiger partial charge >= 0.3 is 0 Å². The van der Waals surface area contributed by atoms with E-state index < -0.39 is 10.0 Å². The quantitative estimate of drug-likeness (QED) is 0.603. The monoisotopic (exact) mass is 486 g/mol. The normalized spacial score (nSPS) is 35.2. The number of aryl methyl sites for hydroxylation is 1. The fourth-order valence-electron chi connectivity index (χ4n) is 8.11. The van der Waals surface area contributed by atoms with E-state index in [0.717, 1.165) is 56.1 Å². The molecular weight excluding hydrogens is 444 g/mol. The van der Waals surface area contributed by atoms with Crippen LogP contribution in [0.15, 0.2) is 17.0 Å². The fraction of sp³-hybridized carbons (Fsp3) is 0.750. The molecule has 0 aromatic heterocycles. The van der Waals surface area contributed by atoms with Crippen LogP contribution in [0.2, 0.25) is 0 Å². The van der Waals surface area contributed by atoms with Crippen LogP contribution in [-0.2, 0) is 10.0 Å². The number of rotatable bonds is 4. The molecular formula is C28H42N2O3S. The molecule has 188 valence electrons. The van der Waals surface area contributed by atoms with Gasteiger partial charge in [0.1, 0.15) is 0 Å². The van der Waals surface area contributed by atoms with Crippen LogP contribution < -0.4 is 5.32 Å². The van der Waals surface area contributed by atoms with Gasteiger partial charge in [-0.25, -0.2) is 8.42 Å². The number of carbonyl (C=O) groups excluding carboxylic acids is 1. The number of piperidine rings is 1. The zero-order valence-corrected chi connectivity index (χ0v) is 22.4. The summed E-state index contributed by atoms with van der Waals surface area (Å²) in [6.45, 7) is 11.3. The van der Waals surface area contributed by atoms with Crippen molar-refractivity contribution in [1.29, 1.82) is 0 Å². The lowest BCUT2D eigenvalue weighted by Gasteiger charge is -2.43. The number of nitrogens with zero attached hydrogens (tertiary/aromatic N) is 1. The largest absolute Gasteiger partial charge is 0.348 e. The Morgan fingerprint density at radius 1 is 1.03 bits per heavy atom. The Kier molecular flexibility index (Phi) is 5.95. The van der Waals surface area contributed by atoms with E-state index in [0.29, 0.717) is 28.8 Å². The second kappa shape index (κ2) is 8.33. The number of hydrogen-bond acceptors (Lipinski definition) is 3. The van der Waals surface area contributed by atoms with Crippen molar-refractivity contribution in [2.24, 2.45) is 22.7 Å². The van der Waals surface area contributed by atoms with Gasteiger partial charge in [-0.3, -0.25) is 4.79 Å². The standard InChI is InChI=1S/C28H42N2O3S/c1-18-15-21(25(31)29-26-27(3,4)22-12-13-28(26,5)17-22)16-24(19(18)2)34(32,33)30-14-8-10-20-9-6-7-11-23(20)30/h15-16,20,22-23,26H,6-14,17H2,1-5H3,(H,29,31)/t20?,22-,23?,26-,28+/m1/s1. The van der Waals surface area contributed by atoms with Crippen molar-refractivity contribution in [2.75, 3.05) is 6.54 Å². The van der Waals surface area contributed by atoms with Gasteiger partial charge in [-0.1, -0.05) is 33.6 Å². The zero-order valence-electron chi connectivity index (χ0n) is 21.6. The van der Waals surface area contributed by atoms with Crippen LogP contribution in [0.1, 0.15) is 100 Å². The Balaban J connectivity index is 1.46. The van der Waals surface area contributed by atoms with E-state index in [2.05, 4.69) is 26.1 Å². The maximum Gasteiger partial charge on any atom is 0.251 e. The van der Waals surface area contributed by atoms with Gasteiger partial charge in [-0.2, -0.15) is 4.31 Å². The van der Waals surface area contributed by atoms with E-state index in [-0.39, 0.29) is 28.8 Å². The summed E-state index contributed by atoms with van der Waals surface area (Å²) in [5.74, 6) is 0.979. The second-order valence-electron chi connectivity index (χ2n) is 12.6. The minimum Gasteiger partial charge on any atom is -0.348 e. The lowest BCUT2D eigenvalue weighted by atomic mass is 9.68. The van der Waals surface area contributed by atoms with Crippen LogP contribution in [0.3, 0.4) is 0 Å². The Labute approximate surface area is 206 Å². The maximum absolute atomic E-state index is 14.0. The lowest BCUT2D eigenvalue weighted by molar-refractivity contribution is 0.0737. The summed E-state index contributed by atoms with van der Waals surface area (Å²) < 4.78 is 29.8. The topological polar surface area (TPSA) is 66.5 Å². The van der Waals surface area contributed by atoms with Gasteiger partial charge in [-0.05, 0) is 105 Å². The molecule has 1 amide bonds. The third kappa shape index (κ3) is 3.75. The van der Waals surface area contributed by atoms with Crippen molar-refractivity contribution in [1.82, 2.24) is 9.62 Å². The molecule has 1 aromatic rings. The highest BCUT2D eigenvalue weighted by Crippen LogP contribution is 2.62. The molecule has 3 saturated carbocycles. The molecule has 1 aromatic carbocycles. The molecule has 6 heteroatoms. The van der Waals surface area contributed by atoms with Gasteiger partial charge in [0, 0.05) is 24.2 Å².